The second kappa shape index (κ2) is 28.0. The van der Waals surface area contributed by atoms with Gasteiger partial charge in [-0.15, -0.1) is 22.7 Å². The Morgan fingerprint density at radius 3 is 1.65 bits per heavy atom. The van der Waals surface area contributed by atoms with Crippen LogP contribution in [0.15, 0.2) is 144 Å². The molecule has 8 aromatic heterocycles. The number of fused-ring (bicyclic) bond motifs is 7. The Kier molecular flexibility index (Phi) is 19.4. The van der Waals surface area contributed by atoms with Gasteiger partial charge in [0, 0.05) is 71.7 Å². The number of aromatic carboxylic acids is 1. The van der Waals surface area contributed by atoms with Crippen molar-refractivity contribution in [2.75, 3.05) is 47.2 Å². The summed E-state index contributed by atoms with van der Waals surface area (Å²) in [6.07, 6.45) is 0.746. The molecule has 0 unspecified atom stereocenters. The molecule has 0 aliphatic carbocycles. The normalized spacial score (nSPS) is 13.2. The van der Waals surface area contributed by atoms with Gasteiger partial charge in [0.15, 0.2) is 11.5 Å². The van der Waals surface area contributed by atoms with Crippen molar-refractivity contribution < 1.29 is 62.3 Å². The number of carboxylic acid groups (broad SMARTS) is 1. The Labute approximate surface area is 580 Å². The Bertz CT molecular complexity index is 5230. The van der Waals surface area contributed by atoms with Crippen LogP contribution in [-0.4, -0.2) is 167 Å². The number of piperazine rings is 1. The smallest absolute Gasteiger partial charge is 0.418 e. The van der Waals surface area contributed by atoms with E-state index in [1.165, 1.54) is 24.4 Å². The maximum atomic E-state index is 13.3. The molecule has 10 heterocycles. The predicted molar refractivity (Wildman–Crippen MR) is 386 cm³/mol. The van der Waals surface area contributed by atoms with Crippen molar-refractivity contribution in [2.24, 2.45) is 0 Å². The molecule has 2 aliphatic rings. The number of amides is 1. The summed E-state index contributed by atoms with van der Waals surface area (Å²) in [7, 11) is 2.66. The fraction of sp³-hybridized carbons (Fsp3) is 0.260. The van der Waals surface area contributed by atoms with Gasteiger partial charge in [0.05, 0.1) is 55.6 Å². The maximum Gasteiger partial charge on any atom is 0.418 e. The number of thiophene rings is 2. The molecule has 0 bridgehead atoms. The van der Waals surface area contributed by atoms with Crippen molar-refractivity contribution in [2.45, 2.75) is 74.1 Å². The van der Waals surface area contributed by atoms with E-state index in [-0.39, 0.29) is 18.3 Å². The fourth-order valence-corrected chi connectivity index (χ4v) is 17.5. The van der Waals surface area contributed by atoms with Crippen LogP contribution in [-0.2, 0) is 25.5 Å². The van der Waals surface area contributed by atoms with Crippen LogP contribution in [0.2, 0.25) is 14.8 Å². The van der Waals surface area contributed by atoms with E-state index in [1.807, 2.05) is 85.6 Å². The number of aromatic nitrogens is 8. The minimum Gasteiger partial charge on any atom is -0.478 e. The maximum absolute atomic E-state index is 13.3. The van der Waals surface area contributed by atoms with Crippen molar-refractivity contribution in [1.82, 2.24) is 49.3 Å². The quantitative estimate of drug-likeness (QED) is 0.0510. The van der Waals surface area contributed by atoms with E-state index < -0.39 is 59.7 Å². The molecule has 99 heavy (non-hydrogen) atoms. The van der Waals surface area contributed by atoms with E-state index in [2.05, 4.69) is 78.4 Å². The number of benzene rings is 5. The van der Waals surface area contributed by atoms with Crippen molar-refractivity contribution in [3.05, 3.63) is 172 Å². The van der Waals surface area contributed by atoms with Crippen LogP contribution >= 0.6 is 22.7 Å². The number of nitrogens with zero attached hydrogens (tertiary/aromatic N) is 6. The zero-order valence-electron chi connectivity index (χ0n) is 56.4. The Hall–Kier alpha value is -10.2. The summed E-state index contributed by atoms with van der Waals surface area (Å²) in [5.41, 5.74) is 10.5. The fourth-order valence-electron chi connectivity index (χ4n) is 11.6. The molecule has 0 saturated carbocycles. The third kappa shape index (κ3) is 15.3. The first-order valence-corrected chi connectivity index (χ1v) is 43.6. The molecule has 1 fully saturated rings. The van der Waals surface area contributed by atoms with Gasteiger partial charge in [-0.3, -0.25) is 24.5 Å². The number of carbonyl (C=O) groups is 6. The number of carboxylic acids is 1. The van der Waals surface area contributed by atoms with E-state index >= 15 is 0 Å². The average molecular weight is 1480 g/mol. The Balaban J connectivity index is 0.000000130. The number of hydrogen-bond acceptors (Lipinski definition) is 17. The van der Waals surface area contributed by atoms with E-state index in [0.717, 1.165) is 111 Å². The average Bonchev–Trinajstić information content (AvgIpc) is 1.64. The second-order valence-corrected chi connectivity index (χ2v) is 42.9. The molecule has 2 aliphatic heterocycles. The number of esters is 2. The van der Waals surface area contributed by atoms with Gasteiger partial charge in [-0.25, -0.2) is 14.4 Å². The molecule has 0 spiro atoms. The van der Waals surface area contributed by atoms with Gasteiger partial charge < -0.3 is 38.9 Å². The molecule has 5 N–H and O–H groups in total. The Morgan fingerprint density at radius 2 is 1.08 bits per heavy atom. The molecule has 1 saturated heterocycles. The van der Waals surface area contributed by atoms with Crippen LogP contribution in [0.4, 0.5) is 9.59 Å². The Morgan fingerprint density at radius 1 is 0.556 bits per heavy atom. The summed E-state index contributed by atoms with van der Waals surface area (Å²) in [6, 6.07) is 39.3. The minimum atomic E-state index is -2.60. The molecule has 15 rings (SSSR count). The molecular formula is C73H74N10O13S2Sn. The van der Waals surface area contributed by atoms with Gasteiger partial charge in [-0.2, -0.15) is 10.2 Å². The monoisotopic (exact) mass is 1480 g/mol. The van der Waals surface area contributed by atoms with E-state index in [4.69, 9.17) is 28.8 Å². The minimum absolute atomic E-state index is 0.0752. The summed E-state index contributed by atoms with van der Waals surface area (Å²) < 4.78 is 37.6. The standard InChI is InChI=1S/C26H23N5O3S.C15H17NO4.C15H16NO4.C14H9N3O2S.3CH3.Sn/c32-26(31-8-6-30(7-9-31)14-16-1-4-22-23(11-16)34-15-33-22)18-3-2-17-12-21(27-20(17)13-18)24-25-19(28-29-24)5-10-35-25;2*1-15(2,3)20-14(18)16-8-7-10-5-6-11(9-12(10)16)13(17)19-4;18-14(19)8-2-1-7-5-11(15-10(7)6-8)12-13-9(16-17-12)3-4-20-13;;;;/h1-5,10-13,27H,6-9,14-15H2,(H,28,29);5-9H,1-4H3;5-7,9H,1-4H3;1-6,15H,(H,16,17)(H,18,19);3*1H3;. The molecule has 0 radical (unpaired) electrons. The molecule has 510 valence electrons. The van der Waals surface area contributed by atoms with Crippen LogP contribution in [0.3, 0.4) is 0 Å². The second-order valence-electron chi connectivity index (χ2n) is 26.8. The van der Waals surface area contributed by atoms with Gasteiger partial charge in [-0.1, -0.05) is 24.3 Å². The molecule has 1 amide bonds. The summed E-state index contributed by atoms with van der Waals surface area (Å²) >= 11 is 0.697. The summed E-state index contributed by atoms with van der Waals surface area (Å²) in [6.45, 7) is 15.2. The van der Waals surface area contributed by atoms with Crippen molar-refractivity contribution >= 4 is 145 Å². The van der Waals surface area contributed by atoms with Gasteiger partial charge in [0.25, 0.3) is 5.91 Å². The molecule has 26 heteroatoms. The summed E-state index contributed by atoms with van der Waals surface area (Å²) in [5.74, 6) is -0.0982. The SMILES string of the molecule is COC(=O)c1ccc2c[c]([Sn]([CH3])([CH3])[CH3])n(C(=O)OC(C)(C)C)c2c1.COC(=O)c1ccc2ccn(C(=O)OC(C)(C)C)c2c1.O=C(O)c1ccc2cc(-c3n[nH]c4ccsc34)[nH]c2c1.O=C(c1ccc2cc(-c3n[nH]c4ccsc34)[nH]c2c1)N1CCN(Cc2ccc3c(c2)OCO3)CC1. The van der Waals surface area contributed by atoms with Gasteiger partial charge in [0.2, 0.25) is 6.79 Å². The van der Waals surface area contributed by atoms with Crippen molar-refractivity contribution in [3.63, 3.8) is 0 Å². The molecule has 5 aromatic carbocycles. The van der Waals surface area contributed by atoms with E-state index in [0.29, 0.717) is 40.8 Å². The first kappa shape index (κ1) is 68.7. The predicted octanol–water partition coefficient (Wildman–Crippen LogP) is 14.9. The summed E-state index contributed by atoms with van der Waals surface area (Å²) in [5, 5.41) is 31.7. The molecule has 0 atom stereocenters. The summed E-state index contributed by atoms with van der Waals surface area (Å²) in [4.78, 5) is 90.3. The van der Waals surface area contributed by atoms with Crippen molar-refractivity contribution in [3.8, 4) is 34.3 Å². The number of nitrogens with one attached hydrogen (secondary N) is 4. The van der Waals surface area contributed by atoms with Gasteiger partial charge in [0.1, 0.15) is 17.0 Å². The van der Waals surface area contributed by atoms with Crippen LogP contribution in [0.5, 0.6) is 11.5 Å². The van der Waals surface area contributed by atoms with Crippen LogP contribution in [0.1, 0.15) is 88.5 Å². The first-order valence-electron chi connectivity index (χ1n) is 31.8. The number of aromatic amines is 4. The molecule has 23 nitrogen and oxygen atoms in total. The van der Waals surface area contributed by atoms with Crippen molar-refractivity contribution in [1.29, 1.82) is 0 Å². The van der Waals surface area contributed by atoms with Gasteiger partial charge >= 0.3 is 165 Å². The number of ether oxygens (including phenoxy) is 6. The number of carbonyl (C=O) groups excluding carboxylic acids is 5. The number of H-pyrrole nitrogens is 4. The first-order chi connectivity index (χ1) is 47.2. The number of hydrogen-bond donors (Lipinski definition) is 5. The molecule has 13 aromatic rings. The van der Waals surface area contributed by atoms with Crippen LogP contribution < -0.4 is 13.2 Å². The zero-order chi connectivity index (χ0) is 70.2. The molecular weight excluding hydrogens is 1410 g/mol. The van der Waals surface area contributed by atoms with E-state index in [1.54, 1.807) is 109 Å². The van der Waals surface area contributed by atoms with Crippen LogP contribution in [0, 0.1) is 0 Å². The largest absolute Gasteiger partial charge is 0.478 e. The third-order valence-electron chi connectivity index (χ3n) is 16.4. The van der Waals surface area contributed by atoms with Crippen LogP contribution in [0.25, 0.3) is 86.8 Å². The zero-order valence-corrected chi connectivity index (χ0v) is 60.9. The topological polar surface area (TPSA) is 283 Å². The van der Waals surface area contributed by atoms with Gasteiger partial charge in [-0.05, 0) is 116 Å². The number of rotatable bonds is 9. The number of methoxy groups -OCH3 is 2. The third-order valence-corrected chi connectivity index (χ3v) is 23.6. The van der Waals surface area contributed by atoms with E-state index in [9.17, 15) is 28.8 Å².